The van der Waals surface area contributed by atoms with E-state index in [0.717, 1.165) is 28.9 Å². The van der Waals surface area contributed by atoms with Crippen LogP contribution in [0, 0.1) is 6.92 Å². The zero-order valence-electron chi connectivity index (χ0n) is 13.4. The molecule has 22 heavy (non-hydrogen) atoms. The number of anilines is 2. The zero-order valence-corrected chi connectivity index (χ0v) is 14.2. The second kappa shape index (κ2) is 6.71. The summed E-state index contributed by atoms with van der Waals surface area (Å²) in [7, 11) is 0. The molecule has 0 saturated carbocycles. The standard InChI is InChI=1S/C16H23N5S/c1-11(2)21-8-4-5-13(9-21)14-15(18-7-6-17-14)20-16-19-12(3)10-22-16/h6-7,10-11,13H,4-5,8-9H2,1-3H3,(H,18,19,20)/t13-/m0/s1. The second-order valence-corrected chi connectivity index (χ2v) is 7.00. The summed E-state index contributed by atoms with van der Waals surface area (Å²) in [6.07, 6.45) is 5.93. The molecule has 118 valence electrons. The fourth-order valence-electron chi connectivity index (χ4n) is 2.96. The van der Waals surface area contributed by atoms with E-state index in [4.69, 9.17) is 0 Å². The Morgan fingerprint density at radius 3 is 2.86 bits per heavy atom. The molecule has 1 atom stereocenters. The molecule has 1 saturated heterocycles. The van der Waals surface area contributed by atoms with Crippen LogP contribution < -0.4 is 5.32 Å². The average molecular weight is 317 g/mol. The van der Waals surface area contributed by atoms with E-state index in [2.05, 4.69) is 39.0 Å². The van der Waals surface area contributed by atoms with Crippen LogP contribution in [0.15, 0.2) is 17.8 Å². The highest BCUT2D eigenvalue weighted by atomic mass is 32.1. The molecule has 2 aromatic rings. The van der Waals surface area contributed by atoms with Crippen molar-refractivity contribution in [1.82, 2.24) is 19.9 Å². The lowest BCUT2D eigenvalue weighted by Crippen LogP contribution is -2.39. The van der Waals surface area contributed by atoms with E-state index >= 15 is 0 Å². The molecule has 0 amide bonds. The van der Waals surface area contributed by atoms with Crippen LogP contribution in [0.1, 0.15) is 44.0 Å². The van der Waals surface area contributed by atoms with Crippen molar-refractivity contribution in [2.24, 2.45) is 0 Å². The van der Waals surface area contributed by atoms with Crippen LogP contribution in [0.2, 0.25) is 0 Å². The summed E-state index contributed by atoms with van der Waals surface area (Å²) in [6, 6.07) is 0.581. The summed E-state index contributed by atoms with van der Waals surface area (Å²) in [5, 5.41) is 6.28. The predicted molar refractivity (Wildman–Crippen MR) is 90.8 cm³/mol. The summed E-state index contributed by atoms with van der Waals surface area (Å²) in [5.41, 5.74) is 2.10. The largest absolute Gasteiger partial charge is 0.315 e. The van der Waals surface area contributed by atoms with E-state index in [0.29, 0.717) is 12.0 Å². The molecule has 0 spiro atoms. The summed E-state index contributed by atoms with van der Waals surface area (Å²) in [5.74, 6) is 1.29. The number of aryl methyl sites for hydroxylation is 1. The molecule has 1 aliphatic rings. The third-order valence-corrected chi connectivity index (χ3v) is 5.02. The van der Waals surface area contributed by atoms with Gasteiger partial charge in [-0.1, -0.05) is 0 Å². The molecule has 1 fully saturated rings. The molecule has 1 aliphatic heterocycles. The molecule has 5 nitrogen and oxygen atoms in total. The third-order valence-electron chi connectivity index (χ3n) is 4.14. The monoisotopic (exact) mass is 317 g/mol. The highest BCUT2D eigenvalue weighted by Crippen LogP contribution is 2.31. The van der Waals surface area contributed by atoms with Gasteiger partial charge in [-0.3, -0.25) is 4.98 Å². The Balaban J connectivity index is 1.81. The van der Waals surface area contributed by atoms with Crippen molar-refractivity contribution in [1.29, 1.82) is 0 Å². The Hall–Kier alpha value is -1.53. The van der Waals surface area contributed by atoms with Crippen LogP contribution in [0.25, 0.3) is 0 Å². The van der Waals surface area contributed by atoms with E-state index in [-0.39, 0.29) is 0 Å². The Kier molecular flexibility index (Phi) is 4.69. The van der Waals surface area contributed by atoms with Crippen molar-refractivity contribution in [3.63, 3.8) is 0 Å². The first-order chi connectivity index (χ1) is 10.6. The van der Waals surface area contributed by atoms with Gasteiger partial charge < -0.3 is 10.2 Å². The van der Waals surface area contributed by atoms with Crippen LogP contribution in [0.5, 0.6) is 0 Å². The summed E-state index contributed by atoms with van der Waals surface area (Å²) >= 11 is 1.60. The van der Waals surface area contributed by atoms with Gasteiger partial charge in [-0.15, -0.1) is 11.3 Å². The molecule has 0 bridgehead atoms. The first-order valence-electron chi connectivity index (χ1n) is 7.87. The van der Waals surface area contributed by atoms with Gasteiger partial charge in [-0.25, -0.2) is 9.97 Å². The minimum absolute atomic E-state index is 0.438. The number of thiazole rings is 1. The fourth-order valence-corrected chi connectivity index (χ4v) is 3.64. The van der Waals surface area contributed by atoms with Crippen molar-refractivity contribution in [2.75, 3.05) is 18.4 Å². The molecule has 2 aromatic heterocycles. The van der Waals surface area contributed by atoms with Gasteiger partial charge in [0, 0.05) is 36.3 Å². The number of hydrogen-bond acceptors (Lipinski definition) is 6. The Labute approximate surface area is 135 Å². The number of hydrogen-bond donors (Lipinski definition) is 1. The smallest absolute Gasteiger partial charge is 0.188 e. The SMILES string of the molecule is Cc1csc(Nc2nccnc2[C@H]2CCCN(C(C)C)C2)n1. The maximum Gasteiger partial charge on any atom is 0.188 e. The van der Waals surface area contributed by atoms with E-state index < -0.39 is 0 Å². The van der Waals surface area contributed by atoms with Gasteiger partial charge in [0.25, 0.3) is 0 Å². The number of nitrogens with zero attached hydrogens (tertiary/aromatic N) is 4. The van der Waals surface area contributed by atoms with E-state index in [1.54, 1.807) is 23.7 Å². The van der Waals surface area contributed by atoms with Crippen molar-refractivity contribution < 1.29 is 0 Å². The molecule has 1 N–H and O–H groups in total. The predicted octanol–water partition coefficient (Wildman–Crippen LogP) is 3.57. The van der Waals surface area contributed by atoms with Crippen LogP contribution in [0.4, 0.5) is 10.9 Å². The number of likely N-dealkylation sites (tertiary alicyclic amines) is 1. The van der Waals surface area contributed by atoms with E-state index in [1.165, 1.54) is 19.4 Å². The first kappa shape index (κ1) is 15.4. The second-order valence-electron chi connectivity index (χ2n) is 6.14. The maximum absolute atomic E-state index is 4.62. The molecule has 6 heteroatoms. The molecular formula is C16H23N5S. The van der Waals surface area contributed by atoms with Gasteiger partial charge in [0.2, 0.25) is 0 Å². The van der Waals surface area contributed by atoms with Crippen molar-refractivity contribution in [3.05, 3.63) is 29.2 Å². The first-order valence-corrected chi connectivity index (χ1v) is 8.75. The normalized spacial score (nSPS) is 19.5. The van der Waals surface area contributed by atoms with Gasteiger partial charge in [0.1, 0.15) is 0 Å². The number of rotatable bonds is 4. The Bertz CT molecular complexity index is 625. The van der Waals surface area contributed by atoms with Crippen molar-refractivity contribution in [2.45, 2.75) is 45.6 Å². The Morgan fingerprint density at radius 1 is 1.32 bits per heavy atom. The van der Waals surface area contributed by atoms with Gasteiger partial charge in [0.05, 0.1) is 11.4 Å². The number of aromatic nitrogens is 3. The van der Waals surface area contributed by atoms with Gasteiger partial charge in [-0.2, -0.15) is 0 Å². The van der Waals surface area contributed by atoms with E-state index in [9.17, 15) is 0 Å². The summed E-state index contributed by atoms with van der Waals surface area (Å²) in [4.78, 5) is 16.1. The molecule has 0 aliphatic carbocycles. The van der Waals surface area contributed by atoms with E-state index in [1.807, 2.05) is 12.3 Å². The molecule has 0 unspecified atom stereocenters. The minimum Gasteiger partial charge on any atom is -0.315 e. The lowest BCUT2D eigenvalue weighted by Gasteiger charge is -2.35. The number of nitrogens with one attached hydrogen (secondary N) is 1. The Morgan fingerprint density at radius 2 is 2.14 bits per heavy atom. The maximum atomic E-state index is 4.62. The molecule has 0 radical (unpaired) electrons. The minimum atomic E-state index is 0.438. The van der Waals surface area contributed by atoms with Gasteiger partial charge in [0.15, 0.2) is 10.9 Å². The summed E-state index contributed by atoms with van der Waals surface area (Å²) < 4.78 is 0. The molecule has 0 aromatic carbocycles. The molecule has 3 heterocycles. The van der Waals surface area contributed by atoms with Crippen LogP contribution in [-0.4, -0.2) is 39.0 Å². The zero-order chi connectivity index (χ0) is 15.5. The lowest BCUT2D eigenvalue weighted by molar-refractivity contribution is 0.166. The third kappa shape index (κ3) is 3.44. The van der Waals surface area contributed by atoms with Crippen LogP contribution in [-0.2, 0) is 0 Å². The summed E-state index contributed by atoms with van der Waals surface area (Å²) in [6.45, 7) is 8.76. The van der Waals surface area contributed by atoms with Crippen LogP contribution >= 0.6 is 11.3 Å². The molecule has 3 rings (SSSR count). The van der Waals surface area contributed by atoms with Crippen LogP contribution in [0.3, 0.4) is 0 Å². The van der Waals surface area contributed by atoms with Gasteiger partial charge >= 0.3 is 0 Å². The van der Waals surface area contributed by atoms with Crippen molar-refractivity contribution >= 4 is 22.3 Å². The number of piperidine rings is 1. The van der Waals surface area contributed by atoms with Crippen molar-refractivity contribution in [3.8, 4) is 0 Å². The lowest BCUT2D eigenvalue weighted by atomic mass is 9.93. The highest BCUT2D eigenvalue weighted by Gasteiger charge is 2.26. The van der Waals surface area contributed by atoms with Gasteiger partial charge in [-0.05, 0) is 40.2 Å². The quantitative estimate of drug-likeness (QED) is 0.934. The topological polar surface area (TPSA) is 53.9 Å². The average Bonchev–Trinajstić information content (AvgIpc) is 2.93. The molecular weight excluding hydrogens is 294 g/mol. The highest BCUT2D eigenvalue weighted by molar-refractivity contribution is 7.13. The fraction of sp³-hybridized carbons (Fsp3) is 0.562.